The van der Waals surface area contributed by atoms with Gasteiger partial charge in [-0.15, -0.1) is 0 Å². The highest BCUT2D eigenvalue weighted by Gasteiger charge is 2.41. The lowest BCUT2D eigenvalue weighted by Gasteiger charge is -2.24. The molecule has 182 valence electrons. The molecule has 2 aromatic rings. The first-order chi connectivity index (χ1) is 16.3. The van der Waals surface area contributed by atoms with Gasteiger partial charge >= 0.3 is 6.09 Å². The zero-order chi connectivity index (χ0) is 24.1. The summed E-state index contributed by atoms with van der Waals surface area (Å²) in [6, 6.07) is 17.4. The first-order valence-corrected chi connectivity index (χ1v) is 12.0. The Labute approximate surface area is 201 Å². The van der Waals surface area contributed by atoms with Gasteiger partial charge < -0.3 is 24.4 Å². The van der Waals surface area contributed by atoms with E-state index < -0.39 is 17.6 Å². The summed E-state index contributed by atoms with van der Waals surface area (Å²) in [6.07, 6.45) is 1.45. The summed E-state index contributed by atoms with van der Waals surface area (Å²) in [5, 5.41) is 3.05. The van der Waals surface area contributed by atoms with E-state index in [0.717, 1.165) is 24.2 Å². The molecule has 0 saturated carbocycles. The highest BCUT2D eigenvalue weighted by atomic mass is 16.6. The molecule has 2 heterocycles. The van der Waals surface area contributed by atoms with Gasteiger partial charge in [-0.25, -0.2) is 4.79 Å². The summed E-state index contributed by atoms with van der Waals surface area (Å²) in [4.78, 5) is 27.8. The Bertz CT molecular complexity index is 982. The number of likely N-dealkylation sites (tertiary alicyclic amines) is 1. The van der Waals surface area contributed by atoms with Gasteiger partial charge in [-0.1, -0.05) is 36.4 Å². The largest absolute Gasteiger partial charge is 0.490 e. The number of amides is 2. The van der Waals surface area contributed by atoms with Crippen molar-refractivity contribution in [3.63, 3.8) is 0 Å². The summed E-state index contributed by atoms with van der Waals surface area (Å²) in [5.74, 6) is 0.0969. The normalized spacial score (nSPS) is 21.2. The van der Waals surface area contributed by atoms with E-state index in [1.165, 1.54) is 0 Å². The number of ether oxygens (including phenoxy) is 3. The van der Waals surface area contributed by atoms with Gasteiger partial charge in [0.25, 0.3) is 0 Å². The predicted molar refractivity (Wildman–Crippen MR) is 130 cm³/mol. The fourth-order valence-corrected chi connectivity index (χ4v) is 4.45. The number of anilines is 1. The number of carbonyl (C=O) groups excluding carboxylic acids is 2. The molecule has 0 bridgehead atoms. The highest BCUT2D eigenvalue weighted by Crippen LogP contribution is 2.34. The Morgan fingerprint density at radius 3 is 2.44 bits per heavy atom. The molecule has 0 aromatic heterocycles. The van der Waals surface area contributed by atoms with Crippen LogP contribution >= 0.6 is 0 Å². The SMILES string of the molecule is CC(C)(C)OC(=O)N1C[C@@H](C(=O)Nc2cccc(OC3CCOCC3)c2)[C@H](c2ccccc2)C1. The van der Waals surface area contributed by atoms with E-state index in [2.05, 4.69) is 5.32 Å². The van der Waals surface area contributed by atoms with Crippen LogP contribution in [0.15, 0.2) is 54.6 Å². The average Bonchev–Trinajstić information content (AvgIpc) is 3.26. The summed E-state index contributed by atoms with van der Waals surface area (Å²) in [6.45, 7) is 7.68. The molecular weight excluding hydrogens is 432 g/mol. The molecular formula is C27H34N2O5. The van der Waals surface area contributed by atoms with Crippen molar-refractivity contribution in [3.05, 3.63) is 60.2 Å². The molecule has 7 nitrogen and oxygen atoms in total. The van der Waals surface area contributed by atoms with Crippen molar-refractivity contribution in [1.82, 2.24) is 4.90 Å². The molecule has 0 unspecified atom stereocenters. The lowest BCUT2D eigenvalue weighted by molar-refractivity contribution is -0.119. The van der Waals surface area contributed by atoms with Crippen LogP contribution in [0.25, 0.3) is 0 Å². The smallest absolute Gasteiger partial charge is 0.410 e. The van der Waals surface area contributed by atoms with Crippen molar-refractivity contribution in [1.29, 1.82) is 0 Å². The van der Waals surface area contributed by atoms with Crippen LogP contribution in [0, 0.1) is 5.92 Å². The molecule has 2 aliphatic heterocycles. The number of nitrogens with zero attached hydrogens (tertiary/aromatic N) is 1. The van der Waals surface area contributed by atoms with E-state index in [-0.39, 0.29) is 17.9 Å². The maximum absolute atomic E-state index is 13.4. The molecule has 0 aliphatic carbocycles. The summed E-state index contributed by atoms with van der Waals surface area (Å²) >= 11 is 0. The second-order valence-corrected chi connectivity index (χ2v) is 9.96. The first kappa shape index (κ1) is 24.1. The van der Waals surface area contributed by atoms with Crippen LogP contribution in [0.5, 0.6) is 5.75 Å². The van der Waals surface area contributed by atoms with Crippen LogP contribution in [0.3, 0.4) is 0 Å². The van der Waals surface area contributed by atoms with Crippen molar-refractivity contribution in [2.24, 2.45) is 5.92 Å². The molecule has 2 fully saturated rings. The van der Waals surface area contributed by atoms with Gasteiger partial charge in [0.05, 0.1) is 19.1 Å². The molecule has 2 amide bonds. The quantitative estimate of drug-likeness (QED) is 0.683. The second-order valence-electron chi connectivity index (χ2n) is 9.96. The molecule has 2 saturated heterocycles. The third-order valence-electron chi connectivity index (χ3n) is 6.11. The standard InChI is InChI=1S/C27H34N2O5/c1-27(2,3)34-26(31)29-17-23(19-8-5-4-6-9-19)24(18-29)25(30)28-20-10-7-11-22(16-20)33-21-12-14-32-15-13-21/h4-11,16,21,23-24H,12-15,17-18H2,1-3H3,(H,28,30)/t23-,24+/m0/s1. The molecule has 0 spiro atoms. The maximum Gasteiger partial charge on any atom is 0.410 e. The van der Waals surface area contributed by atoms with Crippen LogP contribution in [0.1, 0.15) is 45.1 Å². The van der Waals surface area contributed by atoms with Gasteiger partial charge in [0.2, 0.25) is 5.91 Å². The monoisotopic (exact) mass is 466 g/mol. The van der Waals surface area contributed by atoms with Crippen molar-refractivity contribution in [2.45, 2.75) is 51.2 Å². The van der Waals surface area contributed by atoms with Crippen molar-refractivity contribution >= 4 is 17.7 Å². The van der Waals surface area contributed by atoms with Gasteiger partial charge in [-0.05, 0) is 38.5 Å². The van der Waals surface area contributed by atoms with Crippen LogP contribution < -0.4 is 10.1 Å². The number of nitrogens with one attached hydrogen (secondary N) is 1. The molecule has 34 heavy (non-hydrogen) atoms. The van der Waals surface area contributed by atoms with Crippen LogP contribution in [-0.4, -0.2) is 54.9 Å². The van der Waals surface area contributed by atoms with Gasteiger partial charge in [-0.2, -0.15) is 0 Å². The summed E-state index contributed by atoms with van der Waals surface area (Å²) < 4.78 is 17.1. The second kappa shape index (κ2) is 10.5. The minimum Gasteiger partial charge on any atom is -0.490 e. The van der Waals surface area contributed by atoms with Gasteiger partial charge in [-0.3, -0.25) is 4.79 Å². The van der Waals surface area contributed by atoms with Crippen molar-refractivity contribution in [2.75, 3.05) is 31.6 Å². The lowest BCUT2D eigenvalue weighted by Crippen LogP contribution is -2.36. The summed E-state index contributed by atoms with van der Waals surface area (Å²) in [7, 11) is 0. The van der Waals surface area contributed by atoms with E-state index in [1.54, 1.807) is 4.90 Å². The first-order valence-electron chi connectivity index (χ1n) is 12.0. The van der Waals surface area contributed by atoms with Crippen molar-refractivity contribution in [3.8, 4) is 5.75 Å². The van der Waals surface area contributed by atoms with Gasteiger partial charge in [0.15, 0.2) is 0 Å². The molecule has 7 heteroatoms. The minimum absolute atomic E-state index is 0.115. The fraction of sp³-hybridized carbons (Fsp3) is 0.481. The van der Waals surface area contributed by atoms with E-state index in [0.29, 0.717) is 32.0 Å². The predicted octanol–water partition coefficient (Wildman–Crippen LogP) is 4.83. The van der Waals surface area contributed by atoms with Crippen LogP contribution in [0.4, 0.5) is 10.5 Å². The Balaban J connectivity index is 1.47. The van der Waals surface area contributed by atoms with Gasteiger partial charge in [0, 0.05) is 43.6 Å². The molecule has 0 radical (unpaired) electrons. The summed E-state index contributed by atoms with van der Waals surface area (Å²) in [5.41, 5.74) is 1.12. The lowest BCUT2D eigenvalue weighted by atomic mass is 9.88. The van der Waals surface area contributed by atoms with Crippen LogP contribution in [-0.2, 0) is 14.3 Å². The Hall–Kier alpha value is -3.06. The number of hydrogen-bond acceptors (Lipinski definition) is 5. The zero-order valence-electron chi connectivity index (χ0n) is 20.2. The number of benzene rings is 2. The molecule has 2 aliphatic rings. The van der Waals surface area contributed by atoms with E-state index in [4.69, 9.17) is 14.2 Å². The van der Waals surface area contributed by atoms with E-state index >= 15 is 0 Å². The minimum atomic E-state index is -0.593. The molecule has 2 atom stereocenters. The Morgan fingerprint density at radius 2 is 1.74 bits per heavy atom. The zero-order valence-corrected chi connectivity index (χ0v) is 20.2. The van der Waals surface area contributed by atoms with E-state index in [9.17, 15) is 9.59 Å². The van der Waals surface area contributed by atoms with E-state index in [1.807, 2.05) is 75.4 Å². The molecule has 1 N–H and O–H groups in total. The Morgan fingerprint density at radius 1 is 1.00 bits per heavy atom. The molecule has 2 aromatic carbocycles. The van der Waals surface area contributed by atoms with Gasteiger partial charge in [0.1, 0.15) is 17.5 Å². The van der Waals surface area contributed by atoms with Crippen molar-refractivity contribution < 1.29 is 23.8 Å². The third-order valence-corrected chi connectivity index (χ3v) is 6.11. The number of hydrogen-bond donors (Lipinski definition) is 1. The topological polar surface area (TPSA) is 77.1 Å². The Kier molecular flexibility index (Phi) is 7.41. The average molecular weight is 467 g/mol. The highest BCUT2D eigenvalue weighted by molar-refractivity contribution is 5.94. The number of carbonyl (C=O) groups is 2. The fourth-order valence-electron chi connectivity index (χ4n) is 4.45. The molecule has 4 rings (SSSR count). The maximum atomic E-state index is 13.4. The number of rotatable bonds is 5. The third kappa shape index (κ3) is 6.29. The van der Waals surface area contributed by atoms with Crippen LogP contribution in [0.2, 0.25) is 0 Å².